The minimum Gasteiger partial charge on any atom is -0.368 e. The molecule has 0 aliphatic carbocycles. The Bertz CT molecular complexity index is 454. The molecule has 4 heteroatoms. The number of rotatable bonds is 6. The highest BCUT2D eigenvalue weighted by molar-refractivity contribution is 5.85. The van der Waals surface area contributed by atoms with E-state index < -0.39 is 11.4 Å². The van der Waals surface area contributed by atoms with Crippen molar-refractivity contribution in [2.45, 2.75) is 38.1 Å². The topological polar surface area (TPSA) is 72.3 Å². The number of carbonyl (C=O) groups is 1. The summed E-state index contributed by atoms with van der Waals surface area (Å²) in [5.74, 6) is 0.409. The normalized spacial score (nSPS) is 20.1. The standard InChI is InChI=1S/C17H27N3O/c1-2-14-8-11-20(12-9-14)13-10-17(19,16(18)21)15-6-4-3-5-7-15/h3-7,14H,2,8-13,19H2,1H3,(H2,18,21). The van der Waals surface area contributed by atoms with Crippen LogP contribution in [-0.4, -0.2) is 30.4 Å². The number of nitrogens with two attached hydrogens (primary N) is 2. The van der Waals surface area contributed by atoms with Crippen molar-refractivity contribution in [3.63, 3.8) is 0 Å². The molecule has 21 heavy (non-hydrogen) atoms. The van der Waals surface area contributed by atoms with Crippen LogP contribution in [0.1, 0.15) is 38.2 Å². The summed E-state index contributed by atoms with van der Waals surface area (Å²) in [6.07, 6.45) is 4.33. The first-order valence-electron chi connectivity index (χ1n) is 7.93. The maximum Gasteiger partial charge on any atom is 0.242 e. The largest absolute Gasteiger partial charge is 0.368 e. The van der Waals surface area contributed by atoms with Gasteiger partial charge in [0.2, 0.25) is 5.91 Å². The van der Waals surface area contributed by atoms with E-state index in [1.54, 1.807) is 0 Å². The highest BCUT2D eigenvalue weighted by atomic mass is 16.1. The van der Waals surface area contributed by atoms with Gasteiger partial charge in [0.25, 0.3) is 0 Å². The number of carbonyl (C=O) groups excluding carboxylic acids is 1. The number of hydrogen-bond acceptors (Lipinski definition) is 3. The smallest absolute Gasteiger partial charge is 0.242 e. The van der Waals surface area contributed by atoms with Crippen molar-refractivity contribution in [2.24, 2.45) is 17.4 Å². The minimum absolute atomic E-state index is 0.447. The lowest BCUT2D eigenvalue weighted by atomic mass is 9.86. The molecule has 1 amide bonds. The molecule has 1 heterocycles. The van der Waals surface area contributed by atoms with Crippen molar-refractivity contribution < 1.29 is 4.79 Å². The van der Waals surface area contributed by atoms with Crippen molar-refractivity contribution in [3.8, 4) is 0 Å². The summed E-state index contributed by atoms with van der Waals surface area (Å²) in [4.78, 5) is 14.3. The molecule has 1 atom stereocenters. The monoisotopic (exact) mass is 289 g/mol. The Morgan fingerprint density at radius 1 is 1.29 bits per heavy atom. The average Bonchev–Trinajstić information content (AvgIpc) is 2.53. The molecule has 1 saturated heterocycles. The van der Waals surface area contributed by atoms with Crippen molar-refractivity contribution in [2.75, 3.05) is 19.6 Å². The number of likely N-dealkylation sites (tertiary alicyclic amines) is 1. The zero-order valence-electron chi connectivity index (χ0n) is 12.9. The average molecular weight is 289 g/mol. The number of benzene rings is 1. The molecule has 1 unspecified atom stereocenters. The highest BCUT2D eigenvalue weighted by Crippen LogP contribution is 2.25. The number of amides is 1. The summed E-state index contributed by atoms with van der Waals surface area (Å²) in [5.41, 5.74) is 11.7. The molecule has 0 spiro atoms. The fourth-order valence-corrected chi connectivity index (χ4v) is 3.10. The lowest BCUT2D eigenvalue weighted by Crippen LogP contribution is -2.51. The van der Waals surface area contributed by atoms with Crippen molar-refractivity contribution in [3.05, 3.63) is 35.9 Å². The second-order valence-electron chi connectivity index (χ2n) is 6.14. The summed E-state index contributed by atoms with van der Waals surface area (Å²) in [6, 6.07) is 9.47. The molecule has 1 aromatic carbocycles. The van der Waals surface area contributed by atoms with Crippen molar-refractivity contribution >= 4 is 5.91 Å². The minimum atomic E-state index is -1.07. The number of primary amides is 1. The summed E-state index contributed by atoms with van der Waals surface area (Å²) in [5, 5.41) is 0. The summed E-state index contributed by atoms with van der Waals surface area (Å²) in [7, 11) is 0. The third kappa shape index (κ3) is 3.83. The second kappa shape index (κ2) is 7.05. The van der Waals surface area contributed by atoms with E-state index in [4.69, 9.17) is 11.5 Å². The molecule has 0 radical (unpaired) electrons. The number of nitrogens with zero attached hydrogens (tertiary/aromatic N) is 1. The molecular weight excluding hydrogens is 262 g/mol. The molecule has 1 aliphatic rings. The van der Waals surface area contributed by atoms with Crippen LogP contribution in [0.2, 0.25) is 0 Å². The molecule has 4 N–H and O–H groups in total. The summed E-state index contributed by atoms with van der Waals surface area (Å²) < 4.78 is 0. The predicted octanol–water partition coefficient (Wildman–Crippen LogP) is 1.84. The van der Waals surface area contributed by atoms with Gasteiger partial charge in [0.05, 0.1) is 0 Å². The van der Waals surface area contributed by atoms with Gasteiger partial charge in [-0.25, -0.2) is 0 Å². The summed E-state index contributed by atoms with van der Waals surface area (Å²) >= 11 is 0. The zero-order chi connectivity index (χ0) is 15.3. The first kappa shape index (κ1) is 16.0. The van der Waals surface area contributed by atoms with E-state index in [1.807, 2.05) is 30.3 Å². The Hall–Kier alpha value is -1.39. The quantitative estimate of drug-likeness (QED) is 0.839. The van der Waals surface area contributed by atoms with Crippen LogP contribution in [0.4, 0.5) is 0 Å². The van der Waals surface area contributed by atoms with E-state index >= 15 is 0 Å². The maximum atomic E-state index is 11.9. The van der Waals surface area contributed by atoms with Gasteiger partial charge >= 0.3 is 0 Å². The van der Waals surface area contributed by atoms with Gasteiger partial charge in [-0.2, -0.15) is 0 Å². The Kier molecular flexibility index (Phi) is 5.37. The van der Waals surface area contributed by atoms with Gasteiger partial charge in [0.1, 0.15) is 5.54 Å². The van der Waals surface area contributed by atoms with Crippen LogP contribution in [0.25, 0.3) is 0 Å². The molecule has 1 aliphatic heterocycles. The van der Waals surface area contributed by atoms with E-state index in [2.05, 4.69) is 11.8 Å². The molecule has 0 aromatic heterocycles. The predicted molar refractivity (Wildman–Crippen MR) is 85.6 cm³/mol. The maximum absolute atomic E-state index is 11.9. The fraction of sp³-hybridized carbons (Fsp3) is 0.588. The number of hydrogen-bond donors (Lipinski definition) is 2. The van der Waals surface area contributed by atoms with Gasteiger partial charge in [0, 0.05) is 6.54 Å². The van der Waals surface area contributed by atoms with Crippen molar-refractivity contribution in [1.29, 1.82) is 0 Å². The fourth-order valence-electron chi connectivity index (χ4n) is 3.10. The van der Waals surface area contributed by atoms with Gasteiger partial charge in [-0.05, 0) is 43.8 Å². The molecular formula is C17H27N3O. The van der Waals surface area contributed by atoms with Crippen LogP contribution in [-0.2, 0) is 10.3 Å². The summed E-state index contributed by atoms with van der Waals surface area (Å²) in [6.45, 7) is 5.28. The third-order valence-corrected chi connectivity index (χ3v) is 4.84. The molecule has 1 fully saturated rings. The van der Waals surface area contributed by atoms with Gasteiger partial charge in [-0.1, -0.05) is 43.7 Å². The van der Waals surface area contributed by atoms with E-state index in [-0.39, 0.29) is 0 Å². The Morgan fingerprint density at radius 3 is 2.43 bits per heavy atom. The van der Waals surface area contributed by atoms with Crippen LogP contribution >= 0.6 is 0 Å². The molecule has 0 bridgehead atoms. The van der Waals surface area contributed by atoms with Gasteiger partial charge < -0.3 is 16.4 Å². The third-order valence-electron chi connectivity index (χ3n) is 4.84. The number of piperidine rings is 1. The van der Waals surface area contributed by atoms with Crippen LogP contribution in [0.15, 0.2) is 30.3 Å². The lowest BCUT2D eigenvalue weighted by molar-refractivity contribution is -0.123. The molecule has 2 rings (SSSR count). The first-order valence-corrected chi connectivity index (χ1v) is 7.93. The molecule has 116 valence electrons. The Labute approximate surface area is 127 Å². The highest BCUT2D eigenvalue weighted by Gasteiger charge is 2.34. The van der Waals surface area contributed by atoms with E-state index in [0.29, 0.717) is 6.42 Å². The molecule has 1 aromatic rings. The van der Waals surface area contributed by atoms with Gasteiger partial charge in [-0.15, -0.1) is 0 Å². The lowest BCUT2D eigenvalue weighted by Gasteiger charge is -2.34. The van der Waals surface area contributed by atoms with E-state index in [9.17, 15) is 4.79 Å². The Morgan fingerprint density at radius 2 is 1.90 bits per heavy atom. The van der Waals surface area contributed by atoms with E-state index in [1.165, 1.54) is 19.3 Å². The first-order chi connectivity index (χ1) is 10.1. The zero-order valence-corrected chi connectivity index (χ0v) is 12.9. The Balaban J connectivity index is 1.97. The van der Waals surface area contributed by atoms with E-state index in [0.717, 1.165) is 31.1 Å². The van der Waals surface area contributed by atoms with Crippen molar-refractivity contribution in [1.82, 2.24) is 4.90 Å². The van der Waals surface area contributed by atoms with Gasteiger partial charge in [0.15, 0.2) is 0 Å². The van der Waals surface area contributed by atoms with Crippen LogP contribution in [0.5, 0.6) is 0 Å². The van der Waals surface area contributed by atoms with Crippen LogP contribution < -0.4 is 11.5 Å². The van der Waals surface area contributed by atoms with Crippen LogP contribution in [0.3, 0.4) is 0 Å². The second-order valence-corrected chi connectivity index (χ2v) is 6.14. The van der Waals surface area contributed by atoms with Crippen LogP contribution in [0, 0.1) is 5.92 Å². The molecule has 4 nitrogen and oxygen atoms in total. The SMILES string of the molecule is CCC1CCN(CCC(N)(C(N)=O)c2ccccc2)CC1. The molecule has 0 saturated carbocycles. The van der Waals surface area contributed by atoms with Gasteiger partial charge in [-0.3, -0.25) is 4.79 Å².